The van der Waals surface area contributed by atoms with Crippen LogP contribution in [0.2, 0.25) is 0 Å². The number of ether oxygens (including phenoxy) is 1. The van der Waals surface area contributed by atoms with Crippen LogP contribution in [0.1, 0.15) is 31.4 Å². The van der Waals surface area contributed by atoms with E-state index in [4.69, 9.17) is 9.15 Å². The predicted octanol–water partition coefficient (Wildman–Crippen LogP) is 2.03. The molecule has 0 saturated carbocycles. The summed E-state index contributed by atoms with van der Waals surface area (Å²) in [5.74, 6) is 1.93. The van der Waals surface area contributed by atoms with Crippen LogP contribution in [0.25, 0.3) is 0 Å². The lowest BCUT2D eigenvalue weighted by molar-refractivity contribution is -0.0490. The van der Waals surface area contributed by atoms with E-state index >= 15 is 0 Å². The highest BCUT2D eigenvalue weighted by Gasteiger charge is 2.28. The zero-order valence-corrected chi connectivity index (χ0v) is 8.91. The van der Waals surface area contributed by atoms with Gasteiger partial charge in [-0.25, -0.2) is 0 Å². The topological polar surface area (TPSA) is 34.4 Å². The molecule has 1 aliphatic rings. The van der Waals surface area contributed by atoms with Crippen LogP contribution in [-0.4, -0.2) is 18.8 Å². The Morgan fingerprint density at radius 2 is 2.14 bits per heavy atom. The predicted molar refractivity (Wildman–Crippen MR) is 54.2 cm³/mol. The van der Waals surface area contributed by atoms with Crippen molar-refractivity contribution in [3.05, 3.63) is 23.7 Å². The third kappa shape index (κ3) is 1.83. The maximum atomic E-state index is 5.74. The largest absolute Gasteiger partial charge is 0.465 e. The fourth-order valence-corrected chi connectivity index (χ4v) is 1.90. The molecule has 2 rings (SSSR count). The maximum Gasteiger partial charge on any atom is 0.123 e. The molecule has 1 aromatic heterocycles. The van der Waals surface area contributed by atoms with Gasteiger partial charge in [-0.15, -0.1) is 0 Å². The first-order chi connectivity index (χ1) is 6.66. The SMILES string of the molecule is Cc1ccc([C@@H]2NC[C@H](C)O[C@H]2C)o1. The Kier molecular flexibility index (Phi) is 2.61. The van der Waals surface area contributed by atoms with Gasteiger partial charge in [-0.1, -0.05) is 0 Å². The molecule has 0 spiro atoms. The average Bonchev–Trinajstić information content (AvgIpc) is 2.51. The van der Waals surface area contributed by atoms with E-state index in [-0.39, 0.29) is 18.2 Å². The second-order valence-corrected chi connectivity index (χ2v) is 3.99. The summed E-state index contributed by atoms with van der Waals surface area (Å²) in [5.41, 5.74) is 0. The van der Waals surface area contributed by atoms with Crippen LogP contribution < -0.4 is 5.32 Å². The zero-order chi connectivity index (χ0) is 10.1. The number of morpholine rings is 1. The molecule has 78 valence electrons. The lowest BCUT2D eigenvalue weighted by atomic mass is 10.1. The van der Waals surface area contributed by atoms with Gasteiger partial charge in [-0.2, -0.15) is 0 Å². The summed E-state index contributed by atoms with van der Waals surface area (Å²) in [6, 6.07) is 4.20. The van der Waals surface area contributed by atoms with Crippen molar-refractivity contribution >= 4 is 0 Å². The Hall–Kier alpha value is -0.800. The van der Waals surface area contributed by atoms with E-state index in [0.717, 1.165) is 18.1 Å². The summed E-state index contributed by atoms with van der Waals surface area (Å²) in [4.78, 5) is 0. The van der Waals surface area contributed by atoms with Crippen molar-refractivity contribution < 1.29 is 9.15 Å². The molecule has 0 aromatic carbocycles. The van der Waals surface area contributed by atoms with Crippen molar-refractivity contribution in [2.24, 2.45) is 0 Å². The summed E-state index contributed by atoms with van der Waals surface area (Å²) in [7, 11) is 0. The smallest absolute Gasteiger partial charge is 0.123 e. The highest BCUT2D eigenvalue weighted by Crippen LogP contribution is 2.25. The Balaban J connectivity index is 2.11. The van der Waals surface area contributed by atoms with E-state index in [1.165, 1.54) is 0 Å². The van der Waals surface area contributed by atoms with Crippen LogP contribution in [0, 0.1) is 6.92 Å². The van der Waals surface area contributed by atoms with Crippen molar-refractivity contribution in [3.8, 4) is 0 Å². The summed E-state index contributed by atoms with van der Waals surface area (Å²) >= 11 is 0. The number of hydrogen-bond acceptors (Lipinski definition) is 3. The first-order valence-corrected chi connectivity index (χ1v) is 5.12. The molecule has 0 radical (unpaired) electrons. The minimum absolute atomic E-state index is 0.171. The van der Waals surface area contributed by atoms with Gasteiger partial charge < -0.3 is 14.5 Å². The van der Waals surface area contributed by atoms with Crippen LogP contribution in [-0.2, 0) is 4.74 Å². The molecule has 1 N–H and O–H groups in total. The highest BCUT2D eigenvalue weighted by atomic mass is 16.5. The van der Waals surface area contributed by atoms with Gasteiger partial charge in [-0.05, 0) is 32.9 Å². The van der Waals surface area contributed by atoms with Gasteiger partial charge in [0.1, 0.15) is 11.5 Å². The number of hydrogen-bond donors (Lipinski definition) is 1. The summed E-state index contributed by atoms with van der Waals surface area (Å²) in [6.45, 7) is 6.99. The number of rotatable bonds is 1. The molecule has 0 unspecified atom stereocenters. The van der Waals surface area contributed by atoms with Gasteiger partial charge in [0.2, 0.25) is 0 Å². The van der Waals surface area contributed by atoms with Crippen LogP contribution in [0.5, 0.6) is 0 Å². The van der Waals surface area contributed by atoms with Crippen LogP contribution in [0.4, 0.5) is 0 Å². The number of aryl methyl sites for hydroxylation is 1. The summed E-state index contributed by atoms with van der Waals surface area (Å²) in [6.07, 6.45) is 0.460. The average molecular weight is 195 g/mol. The molecule has 1 aliphatic heterocycles. The second kappa shape index (κ2) is 3.75. The Morgan fingerprint density at radius 1 is 1.36 bits per heavy atom. The van der Waals surface area contributed by atoms with Crippen LogP contribution in [0.15, 0.2) is 16.5 Å². The number of nitrogens with one attached hydrogen (secondary N) is 1. The Morgan fingerprint density at radius 3 is 2.71 bits per heavy atom. The summed E-state index contributed by atoms with van der Waals surface area (Å²) in [5, 5.41) is 3.43. The summed E-state index contributed by atoms with van der Waals surface area (Å²) < 4.78 is 11.3. The van der Waals surface area contributed by atoms with E-state index in [0.29, 0.717) is 0 Å². The van der Waals surface area contributed by atoms with E-state index < -0.39 is 0 Å². The monoisotopic (exact) mass is 195 g/mol. The molecule has 0 aliphatic carbocycles. The maximum absolute atomic E-state index is 5.74. The normalized spacial score (nSPS) is 33.2. The minimum atomic E-state index is 0.171. The molecule has 3 heteroatoms. The first-order valence-electron chi connectivity index (χ1n) is 5.12. The molecule has 1 fully saturated rings. The molecular weight excluding hydrogens is 178 g/mol. The van der Waals surface area contributed by atoms with E-state index in [1.54, 1.807) is 0 Å². The van der Waals surface area contributed by atoms with E-state index in [1.807, 2.05) is 19.1 Å². The molecule has 1 saturated heterocycles. The van der Waals surface area contributed by atoms with Crippen molar-refractivity contribution in [2.45, 2.75) is 39.0 Å². The lowest BCUT2D eigenvalue weighted by Crippen LogP contribution is -2.44. The molecular formula is C11H17NO2. The van der Waals surface area contributed by atoms with Gasteiger partial charge in [-0.3, -0.25) is 0 Å². The van der Waals surface area contributed by atoms with Gasteiger partial charge in [0.15, 0.2) is 0 Å². The van der Waals surface area contributed by atoms with Crippen LogP contribution >= 0.6 is 0 Å². The standard InChI is InChI=1S/C11H17NO2/c1-7-4-5-10(14-7)11-9(3)13-8(2)6-12-11/h4-5,8-9,11-12H,6H2,1-3H3/t8-,9-,11+/m0/s1. The fraction of sp³-hybridized carbons (Fsp3) is 0.636. The fourth-order valence-electron chi connectivity index (χ4n) is 1.90. The van der Waals surface area contributed by atoms with Crippen molar-refractivity contribution in [3.63, 3.8) is 0 Å². The third-order valence-electron chi connectivity index (χ3n) is 2.61. The molecule has 1 aromatic rings. The Bertz CT molecular complexity index is 308. The molecule has 0 amide bonds. The van der Waals surface area contributed by atoms with Gasteiger partial charge in [0.05, 0.1) is 18.2 Å². The van der Waals surface area contributed by atoms with Crippen molar-refractivity contribution in [2.75, 3.05) is 6.54 Å². The van der Waals surface area contributed by atoms with Gasteiger partial charge >= 0.3 is 0 Å². The Labute approximate surface area is 84.4 Å². The van der Waals surface area contributed by atoms with Gasteiger partial charge in [0, 0.05) is 6.54 Å². The first kappa shape index (κ1) is 9.74. The molecule has 3 nitrogen and oxygen atoms in total. The van der Waals surface area contributed by atoms with Crippen molar-refractivity contribution in [1.82, 2.24) is 5.32 Å². The second-order valence-electron chi connectivity index (χ2n) is 3.99. The van der Waals surface area contributed by atoms with E-state index in [9.17, 15) is 0 Å². The van der Waals surface area contributed by atoms with E-state index in [2.05, 4.69) is 19.2 Å². The molecule has 0 bridgehead atoms. The lowest BCUT2D eigenvalue weighted by Gasteiger charge is -2.33. The minimum Gasteiger partial charge on any atom is -0.465 e. The van der Waals surface area contributed by atoms with Crippen molar-refractivity contribution in [1.29, 1.82) is 0 Å². The van der Waals surface area contributed by atoms with Gasteiger partial charge in [0.25, 0.3) is 0 Å². The highest BCUT2D eigenvalue weighted by molar-refractivity contribution is 5.11. The molecule has 14 heavy (non-hydrogen) atoms. The molecule has 3 atom stereocenters. The number of furan rings is 1. The third-order valence-corrected chi connectivity index (χ3v) is 2.61. The quantitative estimate of drug-likeness (QED) is 0.744. The zero-order valence-electron chi connectivity index (χ0n) is 8.91. The van der Waals surface area contributed by atoms with Crippen LogP contribution in [0.3, 0.4) is 0 Å². The molecule has 2 heterocycles.